The third-order valence-electron chi connectivity index (χ3n) is 4.77. The smallest absolute Gasteiger partial charge is 0.306 e. The summed E-state index contributed by atoms with van der Waals surface area (Å²) in [7, 11) is 0. The Balaban J connectivity index is 2.22. The van der Waals surface area contributed by atoms with Gasteiger partial charge < -0.3 is 14.7 Å². The van der Waals surface area contributed by atoms with E-state index in [4.69, 9.17) is 9.84 Å². The van der Waals surface area contributed by atoms with E-state index in [-0.39, 0.29) is 12.3 Å². The number of carboxylic acid groups (broad SMARTS) is 1. The molecule has 1 atom stereocenters. The maximum absolute atomic E-state index is 13.2. The van der Waals surface area contributed by atoms with Crippen LogP contribution in [0.15, 0.2) is 30.3 Å². The lowest BCUT2D eigenvalue weighted by Crippen LogP contribution is -2.53. The summed E-state index contributed by atoms with van der Waals surface area (Å²) in [5.74, 6) is -0.822. The summed E-state index contributed by atoms with van der Waals surface area (Å²) in [4.78, 5) is 25.9. The molecule has 0 saturated carbocycles. The Morgan fingerprint density at radius 3 is 2.48 bits per heavy atom. The summed E-state index contributed by atoms with van der Waals surface area (Å²) in [5.41, 5.74) is 0.475. The number of amides is 1. The van der Waals surface area contributed by atoms with E-state index in [1.807, 2.05) is 44.2 Å². The van der Waals surface area contributed by atoms with E-state index in [1.54, 1.807) is 4.90 Å². The topological polar surface area (TPSA) is 66.8 Å². The molecule has 1 aliphatic rings. The quantitative estimate of drug-likeness (QED) is 0.874. The number of hydrogen-bond acceptors (Lipinski definition) is 3. The molecule has 1 amide bonds. The van der Waals surface area contributed by atoms with E-state index in [9.17, 15) is 9.59 Å². The van der Waals surface area contributed by atoms with Crippen LogP contribution in [0, 0.1) is 0 Å². The number of aliphatic carboxylic acids is 1. The molecule has 1 aliphatic heterocycles. The van der Waals surface area contributed by atoms with Gasteiger partial charge in [-0.3, -0.25) is 9.59 Å². The normalized spacial score (nSPS) is 18.7. The van der Waals surface area contributed by atoms with Gasteiger partial charge in [0.15, 0.2) is 0 Å². The average Bonchev–Trinajstić information content (AvgIpc) is 2.57. The van der Waals surface area contributed by atoms with Crippen molar-refractivity contribution >= 4 is 11.9 Å². The van der Waals surface area contributed by atoms with Gasteiger partial charge in [-0.2, -0.15) is 0 Å². The number of nitrogens with zero attached hydrogens (tertiary/aromatic N) is 1. The molecule has 5 nitrogen and oxygen atoms in total. The van der Waals surface area contributed by atoms with Crippen molar-refractivity contribution in [3.05, 3.63) is 35.9 Å². The minimum absolute atomic E-state index is 0.0691. The van der Waals surface area contributed by atoms with Gasteiger partial charge in [-0.05, 0) is 18.4 Å². The molecule has 0 aromatic heterocycles. The Labute approximate surface area is 137 Å². The second-order valence-electron chi connectivity index (χ2n) is 6.00. The van der Waals surface area contributed by atoms with Crippen LogP contribution in [0.4, 0.5) is 0 Å². The number of carbonyl (C=O) groups excluding carboxylic acids is 1. The largest absolute Gasteiger partial charge is 0.481 e. The first-order valence-corrected chi connectivity index (χ1v) is 8.21. The van der Waals surface area contributed by atoms with Crippen molar-refractivity contribution in [2.75, 3.05) is 19.7 Å². The molecule has 0 spiro atoms. The van der Waals surface area contributed by atoms with E-state index in [1.165, 1.54) is 0 Å². The number of hydrogen-bond donors (Lipinski definition) is 1. The fraction of sp³-hybridized carbons (Fsp3) is 0.556. The van der Waals surface area contributed by atoms with Crippen molar-refractivity contribution in [3.63, 3.8) is 0 Å². The zero-order valence-corrected chi connectivity index (χ0v) is 13.8. The minimum atomic E-state index is -0.899. The molecule has 0 radical (unpaired) electrons. The highest BCUT2D eigenvalue weighted by atomic mass is 16.5. The van der Waals surface area contributed by atoms with Gasteiger partial charge in [0.05, 0.1) is 24.5 Å². The number of carbonyl (C=O) groups is 2. The van der Waals surface area contributed by atoms with Crippen LogP contribution < -0.4 is 0 Å². The van der Waals surface area contributed by atoms with Gasteiger partial charge in [-0.25, -0.2) is 0 Å². The molecule has 1 heterocycles. The number of ether oxygens (including phenoxy) is 1. The maximum Gasteiger partial charge on any atom is 0.306 e. The van der Waals surface area contributed by atoms with Crippen molar-refractivity contribution in [1.82, 2.24) is 4.90 Å². The highest BCUT2D eigenvalue weighted by Crippen LogP contribution is 2.34. The first-order chi connectivity index (χ1) is 11.0. The molecule has 0 aliphatic carbocycles. The second-order valence-corrected chi connectivity index (χ2v) is 6.00. The lowest BCUT2D eigenvalue weighted by atomic mass is 9.74. The van der Waals surface area contributed by atoms with E-state index in [0.717, 1.165) is 5.56 Å². The Kier molecular flexibility index (Phi) is 5.77. The molecular formula is C18H25NO4. The number of morpholine rings is 1. The van der Waals surface area contributed by atoms with Gasteiger partial charge in [-0.15, -0.1) is 0 Å². The monoisotopic (exact) mass is 319 g/mol. The maximum atomic E-state index is 13.2. The Morgan fingerprint density at radius 2 is 1.91 bits per heavy atom. The van der Waals surface area contributed by atoms with Crippen LogP contribution in [0.2, 0.25) is 0 Å². The number of carboxylic acids is 1. The van der Waals surface area contributed by atoms with Crippen molar-refractivity contribution in [2.45, 2.75) is 44.6 Å². The summed E-state index contributed by atoms with van der Waals surface area (Å²) in [6.45, 7) is 5.32. The lowest BCUT2D eigenvalue weighted by Gasteiger charge is -2.40. The summed E-state index contributed by atoms with van der Waals surface area (Å²) in [6.07, 6.45) is 0.938. The lowest BCUT2D eigenvalue weighted by molar-refractivity contribution is -0.151. The van der Waals surface area contributed by atoms with Crippen LogP contribution in [0.25, 0.3) is 0 Å². The number of benzene rings is 1. The van der Waals surface area contributed by atoms with E-state index < -0.39 is 17.5 Å². The van der Waals surface area contributed by atoms with Crippen LogP contribution in [0.1, 0.15) is 38.7 Å². The number of rotatable bonds is 6. The Bertz CT molecular complexity index is 539. The highest BCUT2D eigenvalue weighted by Gasteiger charge is 2.41. The fourth-order valence-corrected chi connectivity index (χ4v) is 3.37. The molecule has 2 rings (SSSR count). The third-order valence-corrected chi connectivity index (χ3v) is 4.77. The molecule has 1 aromatic carbocycles. The third kappa shape index (κ3) is 3.72. The van der Waals surface area contributed by atoms with Crippen LogP contribution in [0.3, 0.4) is 0 Å². The van der Waals surface area contributed by atoms with Crippen molar-refractivity contribution in [1.29, 1.82) is 0 Å². The molecule has 1 aromatic rings. The second kappa shape index (κ2) is 7.59. The van der Waals surface area contributed by atoms with Crippen LogP contribution in [0.5, 0.6) is 0 Å². The molecule has 1 N–H and O–H groups in total. The van der Waals surface area contributed by atoms with Crippen molar-refractivity contribution in [3.8, 4) is 0 Å². The molecule has 0 bridgehead atoms. The first kappa shape index (κ1) is 17.5. The van der Waals surface area contributed by atoms with Gasteiger partial charge >= 0.3 is 5.97 Å². The van der Waals surface area contributed by atoms with Gasteiger partial charge in [0.1, 0.15) is 0 Å². The average molecular weight is 319 g/mol. The molecule has 23 heavy (non-hydrogen) atoms. The van der Waals surface area contributed by atoms with Gasteiger partial charge in [0.25, 0.3) is 0 Å². The zero-order chi connectivity index (χ0) is 16.9. The molecule has 5 heteroatoms. The van der Waals surface area contributed by atoms with Crippen LogP contribution in [-0.2, 0) is 19.7 Å². The van der Waals surface area contributed by atoms with Gasteiger partial charge in [-0.1, -0.05) is 44.2 Å². The van der Waals surface area contributed by atoms with Crippen molar-refractivity contribution in [2.24, 2.45) is 0 Å². The molecule has 1 saturated heterocycles. The molecular weight excluding hydrogens is 294 g/mol. The minimum Gasteiger partial charge on any atom is -0.481 e. The van der Waals surface area contributed by atoms with E-state index >= 15 is 0 Å². The predicted octanol–water partition coefficient (Wildman–Crippen LogP) is 2.45. The van der Waals surface area contributed by atoms with Crippen molar-refractivity contribution < 1.29 is 19.4 Å². The summed E-state index contributed by atoms with van der Waals surface area (Å²) < 4.78 is 5.48. The van der Waals surface area contributed by atoms with E-state index in [2.05, 4.69) is 0 Å². The van der Waals surface area contributed by atoms with Crippen LogP contribution in [-0.4, -0.2) is 47.7 Å². The zero-order valence-electron chi connectivity index (χ0n) is 13.8. The summed E-state index contributed by atoms with van der Waals surface area (Å²) >= 11 is 0. The standard InChI is InChI=1S/C18H25NO4/c1-3-18(4-2,14-8-6-5-7-9-14)17(22)19-10-11-23-15(13-19)12-16(20)21/h5-9,15H,3-4,10-13H2,1-2H3,(H,20,21). The van der Waals surface area contributed by atoms with Crippen LogP contribution >= 0.6 is 0 Å². The molecule has 1 unspecified atom stereocenters. The predicted molar refractivity (Wildman–Crippen MR) is 87.3 cm³/mol. The Hall–Kier alpha value is -1.88. The van der Waals surface area contributed by atoms with Gasteiger partial charge in [0.2, 0.25) is 5.91 Å². The van der Waals surface area contributed by atoms with Gasteiger partial charge in [0, 0.05) is 13.1 Å². The Morgan fingerprint density at radius 1 is 1.26 bits per heavy atom. The SMILES string of the molecule is CCC(CC)(C(=O)N1CCOC(CC(=O)O)C1)c1ccccc1. The molecule has 1 fully saturated rings. The van der Waals surface area contributed by atoms with E-state index in [0.29, 0.717) is 32.5 Å². The first-order valence-electron chi connectivity index (χ1n) is 8.21. The summed E-state index contributed by atoms with van der Waals surface area (Å²) in [5, 5.41) is 8.94. The fourth-order valence-electron chi connectivity index (χ4n) is 3.37. The highest BCUT2D eigenvalue weighted by molar-refractivity contribution is 5.88. The molecule has 126 valence electrons. The summed E-state index contributed by atoms with van der Waals surface area (Å²) in [6, 6.07) is 9.85.